The molecule has 25 nitrogen and oxygen atoms in total. The normalized spacial score (nSPS) is 25.5. The Morgan fingerprint density at radius 1 is 0.302 bits per heavy atom. The summed E-state index contributed by atoms with van der Waals surface area (Å²) in [7, 11) is -1.87. The zero-order valence-electron chi connectivity index (χ0n) is 84.8. The standard InChI is InChI=1S/3C12H21NO.C12H15NO.2C10H17NO2.C9H16N2O2.C9H17NO2S.C9H17NO.C8H15NO/c3*1-8(2)12(14)13-10-4-5-11(13)7-9(3)6-10;1-9(2)12(14)13-7-10-5-3-4-6-11(10)8-13;2*1-7(2)10(13)11-6-4-5-9(11)8(3)12;1-6(2)9(13)11-5-3-4-7(11)8(10)12;1-8(2)9(11)10-4-6-13(3,12)7-5-10;1-8(2)9(11)10-6-4-3-5-7-10;1-7(2)8(10)9-5-3-4-6-9/h3*8-11H,4-7H2,1-3H3;3-6,9H,7-8H2,1-2H3;2*7,9H,4-6H2,1-3H3;6-7H,3-5H2,1-2H3,(H2,10,12);8H,3-7H2,1-2H3;8H,3-7H2,1-2H3;7H,3-6H2,1-2H3/t2*9?,10-,11+;;;9-;;7-;;;/m....1.0.../s1. The highest BCUT2D eigenvalue weighted by Crippen LogP contribution is 2.42. The zero-order chi connectivity index (χ0) is 96.9. The van der Waals surface area contributed by atoms with Gasteiger partial charge in [-0.15, -0.1) is 0 Å². The van der Waals surface area contributed by atoms with Crippen molar-refractivity contribution in [1.29, 1.82) is 0 Å². The molecule has 13 heterocycles. The van der Waals surface area contributed by atoms with E-state index < -0.39 is 9.52 Å². The molecule has 0 saturated carbocycles. The van der Waals surface area contributed by atoms with Crippen molar-refractivity contribution in [2.24, 2.45) is 82.7 Å². The number of hydrogen-bond donors (Lipinski definition) is 1. The highest BCUT2D eigenvalue weighted by molar-refractivity contribution is 8.00. The number of ketones is 2. The Hall–Kier alpha value is -7.25. The third kappa shape index (κ3) is 34.0. The van der Waals surface area contributed by atoms with Crippen LogP contribution >= 0.6 is 0 Å². The van der Waals surface area contributed by atoms with Gasteiger partial charge in [-0.05, 0) is 206 Å². The van der Waals surface area contributed by atoms with Crippen LogP contribution in [0.15, 0.2) is 24.3 Å². The van der Waals surface area contributed by atoms with Crippen molar-refractivity contribution in [1.82, 2.24) is 49.0 Å². The van der Waals surface area contributed by atoms with Crippen molar-refractivity contribution in [3.8, 4) is 0 Å². The third-order valence-electron chi connectivity index (χ3n) is 27.5. The summed E-state index contributed by atoms with van der Waals surface area (Å²) in [5.74, 6) is 10.5. The molecule has 734 valence electrons. The molecule has 0 radical (unpaired) electrons. The van der Waals surface area contributed by atoms with Crippen LogP contribution in [0.3, 0.4) is 0 Å². The maximum Gasteiger partial charge on any atom is 0.240 e. The van der Waals surface area contributed by atoms with Crippen molar-refractivity contribution >= 4 is 91.9 Å². The first-order valence-electron chi connectivity index (χ1n) is 50.2. The van der Waals surface area contributed by atoms with Crippen molar-refractivity contribution < 1.29 is 66.5 Å². The van der Waals surface area contributed by atoms with E-state index in [9.17, 15) is 66.5 Å². The molecular weight excluding hydrogens is 1650 g/mol. The molecule has 129 heavy (non-hydrogen) atoms. The number of amides is 11. The highest BCUT2D eigenvalue weighted by atomic mass is 32.2. The molecule has 0 aliphatic carbocycles. The van der Waals surface area contributed by atoms with Gasteiger partial charge in [0.2, 0.25) is 65.0 Å². The smallest absolute Gasteiger partial charge is 0.240 e. The Morgan fingerprint density at radius 3 is 0.767 bits per heavy atom. The monoisotopic (exact) mass is 1820 g/mol. The molecule has 12 fully saturated rings. The van der Waals surface area contributed by atoms with E-state index in [0.29, 0.717) is 103 Å². The number of piperidine rings is 4. The number of Topliss-reactive ketones (excluding diaryl/α,β-unsaturated/α-hetero) is 2. The molecule has 1 aromatic rings. The fourth-order valence-electron chi connectivity index (χ4n) is 20.5. The summed E-state index contributed by atoms with van der Waals surface area (Å²) in [5.41, 5.74) is 7.78. The number of carbonyl (C=O) groups excluding carboxylic acids is 13. The van der Waals surface area contributed by atoms with Gasteiger partial charge < -0.3 is 54.7 Å². The van der Waals surface area contributed by atoms with E-state index in [-0.39, 0.29) is 124 Å². The van der Waals surface area contributed by atoms with E-state index in [1.54, 1.807) is 33.4 Å². The van der Waals surface area contributed by atoms with Gasteiger partial charge in [0, 0.05) is 179 Å². The number of benzene rings is 1. The molecule has 11 amide bonds. The van der Waals surface area contributed by atoms with Crippen molar-refractivity contribution in [2.75, 3.05) is 70.4 Å². The number of hydrogen-bond acceptors (Lipinski definition) is 14. The van der Waals surface area contributed by atoms with Gasteiger partial charge in [-0.2, -0.15) is 0 Å². The van der Waals surface area contributed by atoms with Gasteiger partial charge in [0.1, 0.15) is 6.04 Å². The number of primary amides is 1. The number of nitrogens with zero attached hydrogens (tertiary/aromatic N) is 10. The number of fused-ring (bicyclic) bond motifs is 7. The third-order valence-corrected chi connectivity index (χ3v) is 29.4. The Balaban J connectivity index is 0.000000254. The largest absolute Gasteiger partial charge is 0.368 e. The van der Waals surface area contributed by atoms with E-state index in [1.807, 2.05) is 165 Å². The summed E-state index contributed by atoms with van der Waals surface area (Å²) in [4.78, 5) is 169. The Labute approximate surface area is 779 Å². The molecule has 12 saturated heterocycles. The lowest BCUT2D eigenvalue weighted by molar-refractivity contribution is -0.140. The first-order valence-corrected chi connectivity index (χ1v) is 52.2. The summed E-state index contributed by atoms with van der Waals surface area (Å²) in [6, 6.07) is 11.0. The Bertz CT molecular complexity index is 3610. The maximum absolute atomic E-state index is 12.0. The first kappa shape index (κ1) is 112. The van der Waals surface area contributed by atoms with Crippen LogP contribution in [-0.4, -0.2) is 260 Å². The van der Waals surface area contributed by atoms with Crippen LogP contribution in [0, 0.1) is 76.9 Å². The van der Waals surface area contributed by atoms with Gasteiger partial charge in [-0.1, -0.05) is 184 Å². The van der Waals surface area contributed by atoms with Gasteiger partial charge in [-0.25, -0.2) is 0 Å². The summed E-state index contributed by atoms with van der Waals surface area (Å²) in [6.07, 6.45) is 26.1. The van der Waals surface area contributed by atoms with Gasteiger partial charge in [-0.3, -0.25) is 66.5 Å². The van der Waals surface area contributed by atoms with Crippen LogP contribution < -0.4 is 5.73 Å². The number of rotatable bonds is 13. The molecule has 26 heteroatoms. The molecule has 2 N–H and O–H groups in total. The van der Waals surface area contributed by atoms with E-state index in [2.05, 4.69) is 53.5 Å². The van der Waals surface area contributed by atoms with Crippen LogP contribution in [0.1, 0.15) is 332 Å². The van der Waals surface area contributed by atoms with Crippen molar-refractivity contribution in [3.63, 3.8) is 0 Å². The summed E-state index contributed by atoms with van der Waals surface area (Å²) >= 11 is 0. The number of likely N-dealkylation sites (tertiary alicyclic amines) is 5. The lowest BCUT2D eigenvalue weighted by atomic mass is 9.91. The minimum Gasteiger partial charge on any atom is -0.368 e. The van der Waals surface area contributed by atoms with E-state index in [1.165, 1.54) is 120 Å². The van der Waals surface area contributed by atoms with Crippen LogP contribution in [0.25, 0.3) is 0 Å². The van der Waals surface area contributed by atoms with Gasteiger partial charge in [0.15, 0.2) is 11.6 Å². The van der Waals surface area contributed by atoms with Crippen LogP contribution in [0.2, 0.25) is 0 Å². The highest BCUT2D eigenvalue weighted by Gasteiger charge is 2.46. The van der Waals surface area contributed by atoms with Crippen LogP contribution in [-0.2, 0) is 84.9 Å². The average Bonchev–Trinajstić information content (AvgIpc) is 1.66. The first-order chi connectivity index (χ1) is 60.4. The average molecular weight is 1830 g/mol. The topological polar surface area (TPSA) is 297 Å². The van der Waals surface area contributed by atoms with Crippen molar-refractivity contribution in [2.45, 2.75) is 388 Å². The molecule has 6 bridgehead atoms. The summed E-state index contributed by atoms with van der Waals surface area (Å²) in [6.45, 7) is 57.8. The minimum absolute atomic E-state index is 0.0000463. The number of carbonyl (C=O) groups is 13. The second-order valence-electron chi connectivity index (χ2n) is 42.4. The Morgan fingerprint density at radius 2 is 0.527 bits per heavy atom. The van der Waals surface area contributed by atoms with E-state index in [0.717, 1.165) is 102 Å². The van der Waals surface area contributed by atoms with Gasteiger partial charge in [0.05, 0.1) is 12.1 Å². The molecule has 0 spiro atoms. The Kier molecular flexibility index (Phi) is 46.6. The molecule has 5 unspecified atom stereocenters. The number of nitrogens with two attached hydrogens (primary N) is 1. The SMILES string of the molecule is C=S1(=O)CCN(C(=O)C(C)C)CC1.CC(=O)C1CCCN1C(=O)C(C)C.CC(=O)[C@H]1CCCN1C(=O)C(C)C.CC(C)C(=O)N1CCCC1.CC(C)C(=O)N1CCCCC1.CC(C)C(=O)N1CCC[C@H]1C(N)=O.CC(C)C(=O)N1Cc2ccccc2C1.CC1CC2CCC(C1)N2C(=O)C(C)C.CC1C[C@H]2CC[C@@H](C1)N2C(=O)C(C)C.CC1C[C@H]2CC[C@@H](C1)N2C(=O)C(C)C. The molecule has 0 aromatic heterocycles. The fourth-order valence-corrected chi connectivity index (χ4v) is 21.8. The van der Waals surface area contributed by atoms with Crippen LogP contribution in [0.4, 0.5) is 0 Å². The predicted molar refractivity (Wildman–Crippen MR) is 518 cm³/mol. The van der Waals surface area contributed by atoms with E-state index >= 15 is 0 Å². The molecule has 13 aliphatic rings. The molecule has 14 rings (SSSR count). The van der Waals surface area contributed by atoms with Gasteiger partial charge in [0.25, 0.3) is 0 Å². The fraction of sp³-hybridized carbons (Fsp3) is 0.806. The maximum atomic E-state index is 12.0. The predicted octanol–water partition coefficient (Wildman–Crippen LogP) is 15.2. The van der Waals surface area contributed by atoms with Gasteiger partial charge >= 0.3 is 0 Å². The summed E-state index contributed by atoms with van der Waals surface area (Å²) < 4.78 is 11.5. The zero-order valence-corrected chi connectivity index (χ0v) is 85.7. The lowest BCUT2D eigenvalue weighted by Crippen LogP contribution is -2.47. The lowest BCUT2D eigenvalue weighted by Gasteiger charge is -2.38. The quantitative estimate of drug-likeness (QED) is 0.180. The summed E-state index contributed by atoms with van der Waals surface area (Å²) in [5, 5.41) is 0. The molecule has 11 atom stereocenters. The van der Waals surface area contributed by atoms with Crippen molar-refractivity contribution in [3.05, 3.63) is 35.4 Å². The molecule has 1 aromatic carbocycles. The molecular formula is C103H177N11O14S. The van der Waals surface area contributed by atoms with Crippen LogP contribution in [0.5, 0.6) is 0 Å². The minimum atomic E-state index is -1.87. The van der Waals surface area contributed by atoms with E-state index in [4.69, 9.17) is 5.73 Å². The second-order valence-corrected chi connectivity index (χ2v) is 45.2. The molecule has 13 aliphatic heterocycles. The second kappa shape index (κ2) is 53.6.